The minimum absolute atomic E-state index is 0.554. The zero-order valence-electron chi connectivity index (χ0n) is 16.2. The normalized spacial score (nSPS) is 14.1. The second kappa shape index (κ2) is 8.84. The fourth-order valence-electron chi connectivity index (χ4n) is 1.79. The summed E-state index contributed by atoms with van der Waals surface area (Å²) in [6, 6.07) is -1.45. The van der Waals surface area contributed by atoms with Gasteiger partial charge in [-0.15, -0.1) is 6.58 Å². The predicted molar refractivity (Wildman–Crippen MR) is 91.1 cm³/mol. The molecule has 8 heteroatoms. The van der Waals surface area contributed by atoms with E-state index in [1.807, 2.05) is 0 Å². The van der Waals surface area contributed by atoms with Crippen molar-refractivity contribution in [3.63, 3.8) is 0 Å². The number of ether oxygens (including phenoxy) is 4. The molecule has 0 bridgehead atoms. The molecule has 0 spiro atoms. The molecule has 0 radical (unpaired) electrons. The number of hydrogen-bond acceptors (Lipinski definition) is 7. The molecule has 0 aliphatic carbocycles. The molecule has 0 aromatic heterocycles. The highest BCUT2D eigenvalue weighted by Crippen LogP contribution is 2.20. The average Bonchev–Trinajstić information content (AvgIpc) is 2.42. The number of imide groups is 1. The minimum Gasteiger partial charge on any atom is -0.467 e. The Kier molecular flexibility index (Phi) is 8.11. The number of carbonyl (C=O) groups excluding carboxylic acids is 3. The van der Waals surface area contributed by atoms with Crippen LogP contribution in [0.15, 0.2) is 12.7 Å². The highest BCUT2D eigenvalue weighted by Gasteiger charge is 2.44. The third-order valence-corrected chi connectivity index (χ3v) is 2.72. The number of rotatable bonds is 5. The second-order valence-electron chi connectivity index (χ2n) is 7.23. The Morgan fingerprint density at radius 1 is 0.920 bits per heavy atom. The molecular weight excluding hydrogens is 330 g/mol. The Morgan fingerprint density at radius 2 is 1.32 bits per heavy atom. The van der Waals surface area contributed by atoms with Crippen LogP contribution in [-0.2, 0) is 23.7 Å². The van der Waals surface area contributed by atoms with Gasteiger partial charge in [0, 0.05) is 7.11 Å². The molecule has 25 heavy (non-hydrogen) atoms. The van der Waals surface area contributed by atoms with E-state index in [1.54, 1.807) is 41.5 Å². The van der Waals surface area contributed by atoms with Crippen LogP contribution >= 0.6 is 0 Å². The van der Waals surface area contributed by atoms with E-state index in [4.69, 9.17) is 18.9 Å². The van der Waals surface area contributed by atoms with Gasteiger partial charge in [-0.1, -0.05) is 6.08 Å². The molecule has 0 heterocycles. The molecule has 8 nitrogen and oxygen atoms in total. The first kappa shape index (κ1) is 22.9. The zero-order chi connectivity index (χ0) is 20.0. The van der Waals surface area contributed by atoms with E-state index in [1.165, 1.54) is 13.2 Å². The first-order chi connectivity index (χ1) is 11.3. The summed E-state index contributed by atoms with van der Waals surface area (Å²) in [5.41, 5.74) is -1.79. The second-order valence-corrected chi connectivity index (χ2v) is 7.23. The standard InChI is InChI=1S/C17H29NO7/c1-10-11(22-8)12(13(19)23-9)18(14(20)24-16(2,3)4)15(21)25-17(5,6)7/h10-12H,1H2,2-9H3/t11-,12+/m1/s1. The third-order valence-electron chi connectivity index (χ3n) is 2.72. The molecule has 0 rings (SSSR count). The van der Waals surface area contributed by atoms with Crippen molar-refractivity contribution in [2.75, 3.05) is 14.2 Å². The van der Waals surface area contributed by atoms with E-state index in [2.05, 4.69) is 6.58 Å². The van der Waals surface area contributed by atoms with Gasteiger partial charge in [0.1, 0.15) is 17.3 Å². The number of hydrogen-bond donors (Lipinski definition) is 0. The van der Waals surface area contributed by atoms with Gasteiger partial charge in [-0.05, 0) is 41.5 Å². The van der Waals surface area contributed by atoms with E-state index in [0.29, 0.717) is 4.90 Å². The van der Waals surface area contributed by atoms with Crippen molar-refractivity contribution >= 4 is 18.2 Å². The van der Waals surface area contributed by atoms with Gasteiger partial charge in [-0.3, -0.25) is 0 Å². The van der Waals surface area contributed by atoms with Crippen LogP contribution in [0.1, 0.15) is 41.5 Å². The number of methoxy groups -OCH3 is 2. The minimum atomic E-state index is -1.45. The first-order valence-corrected chi connectivity index (χ1v) is 7.75. The Labute approximate surface area is 149 Å². The smallest absolute Gasteiger partial charge is 0.420 e. The molecule has 0 fully saturated rings. The van der Waals surface area contributed by atoms with Crippen molar-refractivity contribution in [1.29, 1.82) is 0 Å². The molecular formula is C17H29NO7. The van der Waals surface area contributed by atoms with E-state index < -0.39 is 41.5 Å². The summed E-state index contributed by atoms with van der Waals surface area (Å²) in [5.74, 6) is -0.872. The van der Waals surface area contributed by atoms with Crippen LogP contribution in [0.2, 0.25) is 0 Å². The molecule has 144 valence electrons. The van der Waals surface area contributed by atoms with Crippen LogP contribution in [0, 0.1) is 0 Å². The quantitative estimate of drug-likeness (QED) is 0.423. The van der Waals surface area contributed by atoms with E-state index in [9.17, 15) is 14.4 Å². The Bertz CT molecular complexity index is 474. The summed E-state index contributed by atoms with van der Waals surface area (Å²) in [4.78, 5) is 38.0. The van der Waals surface area contributed by atoms with Crippen molar-refractivity contribution in [2.24, 2.45) is 0 Å². The lowest BCUT2D eigenvalue weighted by molar-refractivity contribution is -0.150. The molecule has 0 aromatic rings. The molecule has 0 N–H and O–H groups in total. The average molecular weight is 359 g/mol. The van der Waals surface area contributed by atoms with Crippen LogP contribution < -0.4 is 0 Å². The molecule has 0 aliphatic heterocycles. The summed E-state index contributed by atoms with van der Waals surface area (Å²) < 4.78 is 20.3. The van der Waals surface area contributed by atoms with Gasteiger partial charge >= 0.3 is 18.2 Å². The van der Waals surface area contributed by atoms with Gasteiger partial charge in [0.2, 0.25) is 0 Å². The van der Waals surface area contributed by atoms with Gasteiger partial charge < -0.3 is 18.9 Å². The summed E-state index contributed by atoms with van der Waals surface area (Å²) in [5, 5.41) is 0. The van der Waals surface area contributed by atoms with Crippen molar-refractivity contribution in [2.45, 2.75) is 64.9 Å². The molecule has 0 aliphatic rings. The maximum atomic E-state index is 12.6. The maximum Gasteiger partial charge on any atom is 0.420 e. The summed E-state index contributed by atoms with van der Waals surface area (Å²) >= 11 is 0. The number of nitrogens with zero attached hydrogens (tertiary/aromatic N) is 1. The third kappa shape index (κ3) is 7.55. The fraction of sp³-hybridized carbons (Fsp3) is 0.706. The van der Waals surface area contributed by atoms with Crippen LogP contribution in [0.4, 0.5) is 9.59 Å². The summed E-state index contributed by atoms with van der Waals surface area (Å²) in [7, 11) is 2.44. The summed E-state index contributed by atoms with van der Waals surface area (Å²) in [6.07, 6.45) is -1.84. The van der Waals surface area contributed by atoms with Crippen LogP contribution in [-0.4, -0.2) is 60.6 Å². The van der Waals surface area contributed by atoms with E-state index in [-0.39, 0.29) is 0 Å². The molecule has 2 atom stereocenters. The Balaban J connectivity index is 6.02. The van der Waals surface area contributed by atoms with E-state index in [0.717, 1.165) is 7.11 Å². The predicted octanol–water partition coefficient (Wildman–Crippen LogP) is 2.90. The van der Waals surface area contributed by atoms with Gasteiger partial charge in [0.05, 0.1) is 7.11 Å². The lowest BCUT2D eigenvalue weighted by Gasteiger charge is -2.34. The van der Waals surface area contributed by atoms with Crippen molar-refractivity contribution in [1.82, 2.24) is 4.90 Å². The number of esters is 1. The van der Waals surface area contributed by atoms with E-state index >= 15 is 0 Å². The fourth-order valence-corrected chi connectivity index (χ4v) is 1.79. The van der Waals surface area contributed by atoms with Gasteiger partial charge in [0.15, 0.2) is 6.04 Å². The molecule has 0 saturated carbocycles. The Morgan fingerprint density at radius 3 is 1.56 bits per heavy atom. The highest BCUT2D eigenvalue weighted by molar-refractivity contribution is 5.94. The summed E-state index contributed by atoms with van der Waals surface area (Å²) in [6.45, 7) is 13.3. The molecule has 0 aromatic carbocycles. The first-order valence-electron chi connectivity index (χ1n) is 7.75. The van der Waals surface area contributed by atoms with Gasteiger partial charge in [0.25, 0.3) is 0 Å². The maximum absolute atomic E-state index is 12.6. The molecule has 0 saturated heterocycles. The van der Waals surface area contributed by atoms with Gasteiger partial charge in [-0.25, -0.2) is 14.4 Å². The SMILES string of the molecule is C=C[C@@H](OC)[C@@H](C(=O)OC)N(C(=O)OC(C)(C)C)C(=O)OC(C)(C)C. The monoisotopic (exact) mass is 359 g/mol. The molecule has 2 amide bonds. The van der Waals surface area contributed by atoms with Crippen LogP contribution in [0.3, 0.4) is 0 Å². The van der Waals surface area contributed by atoms with Crippen molar-refractivity contribution < 1.29 is 33.3 Å². The van der Waals surface area contributed by atoms with Crippen molar-refractivity contribution in [3.05, 3.63) is 12.7 Å². The van der Waals surface area contributed by atoms with Gasteiger partial charge in [-0.2, -0.15) is 4.90 Å². The largest absolute Gasteiger partial charge is 0.467 e. The number of carbonyl (C=O) groups is 3. The molecule has 0 unspecified atom stereocenters. The lowest BCUT2D eigenvalue weighted by atomic mass is 10.1. The van der Waals surface area contributed by atoms with Crippen LogP contribution in [0.5, 0.6) is 0 Å². The Hall–Kier alpha value is -2.09. The zero-order valence-corrected chi connectivity index (χ0v) is 16.2. The highest BCUT2D eigenvalue weighted by atomic mass is 16.6. The van der Waals surface area contributed by atoms with Crippen LogP contribution in [0.25, 0.3) is 0 Å². The number of amides is 2. The van der Waals surface area contributed by atoms with Crippen molar-refractivity contribution in [3.8, 4) is 0 Å². The topological polar surface area (TPSA) is 91.4 Å². The lowest BCUT2D eigenvalue weighted by Crippen LogP contribution is -2.56.